The Balaban J connectivity index is 2.71. The van der Waals surface area contributed by atoms with Gasteiger partial charge < -0.3 is 5.11 Å². The lowest BCUT2D eigenvalue weighted by Crippen LogP contribution is -2.08. The Morgan fingerprint density at radius 3 is 1.47 bits per heavy atom. The minimum atomic E-state index is 0.256. The minimum Gasteiger partial charge on any atom is -0.508 e. The van der Waals surface area contributed by atoms with Gasteiger partial charge in [-0.05, 0) is 23.3 Å². The molecule has 1 aromatic rings. The normalized spacial score (nSPS) is 12.7. The molecule has 0 heterocycles. The predicted molar refractivity (Wildman–Crippen MR) is 90.2 cm³/mol. The van der Waals surface area contributed by atoms with Crippen LogP contribution in [0.1, 0.15) is 52.7 Å². The fourth-order valence-electron chi connectivity index (χ4n) is 1.51. The molecule has 3 heteroatoms. The van der Waals surface area contributed by atoms with E-state index in [1.165, 1.54) is 11.1 Å². The molecular weight excluding hydrogens is 272 g/mol. The molecule has 0 saturated heterocycles. The summed E-state index contributed by atoms with van der Waals surface area (Å²) in [6.07, 6.45) is 0. The van der Waals surface area contributed by atoms with Gasteiger partial charge in [0.1, 0.15) is 5.75 Å². The molecule has 0 aliphatic heterocycles. The van der Waals surface area contributed by atoms with Crippen molar-refractivity contribution in [3.63, 3.8) is 0 Å². The zero-order valence-corrected chi connectivity index (χ0v) is 14.5. The van der Waals surface area contributed by atoms with Crippen molar-refractivity contribution < 1.29 is 5.11 Å². The van der Waals surface area contributed by atoms with Gasteiger partial charge in [0.15, 0.2) is 0 Å². The van der Waals surface area contributed by atoms with E-state index in [9.17, 15) is 5.11 Å². The third-order valence-electron chi connectivity index (χ3n) is 2.38. The molecule has 0 spiro atoms. The van der Waals surface area contributed by atoms with Crippen LogP contribution in [0.5, 0.6) is 5.75 Å². The molecule has 0 aliphatic carbocycles. The van der Waals surface area contributed by atoms with E-state index in [1.807, 2.05) is 35.7 Å². The third kappa shape index (κ3) is 7.78. The van der Waals surface area contributed by atoms with Gasteiger partial charge in [-0.1, -0.05) is 47.6 Å². The molecule has 0 aromatic heterocycles. The zero-order chi connectivity index (χ0) is 14.7. The average Bonchev–Trinajstić information content (AvgIpc) is 2.21. The maximum Gasteiger partial charge on any atom is 0.116 e. The Hall–Kier alpha value is -0.280. The molecule has 0 fully saturated rings. The summed E-state index contributed by atoms with van der Waals surface area (Å²) >= 11 is 3.82. The van der Waals surface area contributed by atoms with E-state index in [0.29, 0.717) is 5.75 Å². The van der Waals surface area contributed by atoms with Gasteiger partial charge in [-0.3, -0.25) is 0 Å². The molecule has 19 heavy (non-hydrogen) atoms. The van der Waals surface area contributed by atoms with E-state index in [0.717, 1.165) is 11.5 Å². The molecule has 0 saturated carbocycles. The molecule has 0 amide bonds. The van der Waals surface area contributed by atoms with Crippen molar-refractivity contribution in [2.24, 2.45) is 0 Å². The Kier molecular flexibility index (Phi) is 5.69. The molecule has 1 nitrogen and oxygen atoms in total. The quantitative estimate of drug-likeness (QED) is 0.797. The number of benzene rings is 1. The molecule has 0 aliphatic rings. The van der Waals surface area contributed by atoms with Crippen molar-refractivity contribution in [1.82, 2.24) is 0 Å². The van der Waals surface area contributed by atoms with Crippen LogP contribution in [0.3, 0.4) is 0 Å². The average molecular weight is 299 g/mol. The van der Waals surface area contributed by atoms with E-state index < -0.39 is 0 Å². The van der Waals surface area contributed by atoms with Crippen LogP contribution in [0.2, 0.25) is 0 Å². The van der Waals surface area contributed by atoms with Crippen LogP contribution in [0, 0.1) is 0 Å². The van der Waals surface area contributed by atoms with Crippen molar-refractivity contribution in [3.05, 3.63) is 29.3 Å². The van der Waals surface area contributed by atoms with Crippen LogP contribution >= 0.6 is 23.5 Å². The summed E-state index contributed by atoms with van der Waals surface area (Å²) in [5.74, 6) is 2.28. The summed E-state index contributed by atoms with van der Waals surface area (Å²) in [6, 6.07) is 5.98. The number of hydrogen-bond donors (Lipinski definition) is 1. The molecule has 1 aromatic carbocycles. The number of phenolic OH excluding ortho intramolecular Hbond substituents is 1. The highest BCUT2D eigenvalue weighted by Crippen LogP contribution is 2.31. The molecule has 0 bridgehead atoms. The highest BCUT2D eigenvalue weighted by atomic mass is 32.2. The molecular formula is C16H26OS2. The Morgan fingerprint density at radius 2 is 1.16 bits per heavy atom. The molecule has 0 atom stereocenters. The zero-order valence-electron chi connectivity index (χ0n) is 12.9. The van der Waals surface area contributed by atoms with E-state index in [4.69, 9.17) is 0 Å². The summed E-state index contributed by atoms with van der Waals surface area (Å²) in [5, 5.41) is 9.83. The van der Waals surface area contributed by atoms with E-state index in [1.54, 1.807) is 0 Å². The van der Waals surface area contributed by atoms with Gasteiger partial charge >= 0.3 is 0 Å². The second kappa shape index (κ2) is 6.45. The molecule has 1 N–H and O–H groups in total. The fourth-order valence-corrected chi connectivity index (χ4v) is 3.04. The largest absolute Gasteiger partial charge is 0.508 e. The van der Waals surface area contributed by atoms with Crippen LogP contribution in [-0.4, -0.2) is 14.6 Å². The first-order valence-corrected chi connectivity index (χ1v) is 8.62. The van der Waals surface area contributed by atoms with Gasteiger partial charge in [0.25, 0.3) is 0 Å². The standard InChI is InChI=1S/C16H26OS2/c1-15(2,3)18-10-12-7-13(9-14(17)8-12)11-19-16(4,5)6/h7-9,17H,10-11H2,1-6H3. The number of thioether (sulfide) groups is 2. The second-order valence-electron chi connectivity index (χ2n) is 6.81. The smallest absolute Gasteiger partial charge is 0.116 e. The minimum absolute atomic E-state index is 0.256. The van der Waals surface area contributed by atoms with Gasteiger partial charge in [-0.15, -0.1) is 0 Å². The second-order valence-corrected chi connectivity index (χ2v) is 10.4. The maximum absolute atomic E-state index is 9.83. The Labute approximate surface area is 126 Å². The lowest BCUT2D eigenvalue weighted by molar-refractivity contribution is 0.474. The topological polar surface area (TPSA) is 20.2 Å². The number of rotatable bonds is 4. The number of hydrogen-bond acceptors (Lipinski definition) is 3. The highest BCUT2D eigenvalue weighted by Gasteiger charge is 2.13. The van der Waals surface area contributed by atoms with Crippen molar-refractivity contribution >= 4 is 23.5 Å². The van der Waals surface area contributed by atoms with Gasteiger partial charge in [0, 0.05) is 21.0 Å². The monoisotopic (exact) mass is 298 g/mol. The number of phenols is 1. The van der Waals surface area contributed by atoms with E-state index in [-0.39, 0.29) is 9.49 Å². The highest BCUT2D eigenvalue weighted by molar-refractivity contribution is 8.00. The van der Waals surface area contributed by atoms with Gasteiger partial charge in [0.05, 0.1) is 0 Å². The van der Waals surface area contributed by atoms with E-state index >= 15 is 0 Å². The van der Waals surface area contributed by atoms with Crippen molar-refractivity contribution in [2.45, 2.75) is 62.5 Å². The first kappa shape index (κ1) is 16.8. The van der Waals surface area contributed by atoms with Crippen molar-refractivity contribution in [3.8, 4) is 5.75 Å². The third-order valence-corrected chi connectivity index (χ3v) is 5.07. The molecule has 1 rings (SSSR count). The van der Waals surface area contributed by atoms with Crippen LogP contribution in [0.4, 0.5) is 0 Å². The van der Waals surface area contributed by atoms with Crippen LogP contribution in [0.15, 0.2) is 18.2 Å². The number of aromatic hydroxyl groups is 1. The maximum atomic E-state index is 9.83. The molecule has 0 radical (unpaired) electrons. The predicted octanol–water partition coefficient (Wildman–Crippen LogP) is 5.46. The van der Waals surface area contributed by atoms with Gasteiger partial charge in [-0.2, -0.15) is 23.5 Å². The Bertz CT molecular complexity index is 377. The summed E-state index contributed by atoms with van der Waals surface area (Å²) in [6.45, 7) is 13.3. The van der Waals surface area contributed by atoms with Crippen LogP contribution in [-0.2, 0) is 11.5 Å². The first-order valence-electron chi connectivity index (χ1n) is 6.65. The molecule has 0 unspecified atom stereocenters. The summed E-state index contributed by atoms with van der Waals surface area (Å²) in [7, 11) is 0. The van der Waals surface area contributed by atoms with Crippen molar-refractivity contribution in [1.29, 1.82) is 0 Å². The Morgan fingerprint density at radius 1 is 0.789 bits per heavy atom. The lowest BCUT2D eigenvalue weighted by Gasteiger charge is -2.19. The fraction of sp³-hybridized carbons (Fsp3) is 0.625. The SMILES string of the molecule is CC(C)(C)SCc1cc(O)cc(CSC(C)(C)C)c1. The summed E-state index contributed by atoms with van der Waals surface area (Å²) < 4.78 is 0.511. The van der Waals surface area contributed by atoms with Crippen LogP contribution in [0.25, 0.3) is 0 Å². The lowest BCUT2D eigenvalue weighted by atomic mass is 10.1. The first-order chi connectivity index (χ1) is 8.55. The van der Waals surface area contributed by atoms with Crippen LogP contribution < -0.4 is 0 Å². The van der Waals surface area contributed by atoms with E-state index in [2.05, 4.69) is 47.6 Å². The summed E-state index contributed by atoms with van der Waals surface area (Å²) in [5.41, 5.74) is 2.42. The molecule has 108 valence electrons. The van der Waals surface area contributed by atoms with Gasteiger partial charge in [-0.25, -0.2) is 0 Å². The summed E-state index contributed by atoms with van der Waals surface area (Å²) in [4.78, 5) is 0. The van der Waals surface area contributed by atoms with Gasteiger partial charge in [0.2, 0.25) is 0 Å². The van der Waals surface area contributed by atoms with Crippen molar-refractivity contribution in [2.75, 3.05) is 0 Å².